The van der Waals surface area contributed by atoms with Crippen molar-refractivity contribution in [1.29, 1.82) is 0 Å². The summed E-state index contributed by atoms with van der Waals surface area (Å²) < 4.78 is 7.44. The first kappa shape index (κ1) is 22.9. The van der Waals surface area contributed by atoms with Gasteiger partial charge in [-0.3, -0.25) is 14.7 Å². The fraction of sp³-hybridized carbons (Fsp3) is 0.179. The van der Waals surface area contributed by atoms with Gasteiger partial charge in [-0.1, -0.05) is 6.07 Å². The Hall–Kier alpha value is -3.84. The molecule has 0 saturated carbocycles. The summed E-state index contributed by atoms with van der Waals surface area (Å²) in [7, 11) is 1.64. The van der Waals surface area contributed by atoms with Crippen molar-refractivity contribution in [3.63, 3.8) is 0 Å². The molecule has 176 valence electrons. The minimum atomic E-state index is -0.0219. The normalized spacial score (nSPS) is 16.1. The Morgan fingerprint density at radius 2 is 1.89 bits per heavy atom. The monoisotopic (exact) mass is 482 g/mol. The van der Waals surface area contributed by atoms with Crippen molar-refractivity contribution in [2.75, 3.05) is 13.7 Å². The fourth-order valence-electron chi connectivity index (χ4n) is 4.31. The number of likely N-dealkylation sites (N-methyl/N-ethyl adjacent to an activating group) is 1. The average Bonchev–Trinajstić information content (AvgIpc) is 3.32. The number of hydrogen-bond donors (Lipinski definition) is 0. The first-order valence-electron chi connectivity index (χ1n) is 11.5. The fourth-order valence-corrected chi connectivity index (χ4v) is 5.37. The van der Waals surface area contributed by atoms with Crippen molar-refractivity contribution < 1.29 is 9.53 Å². The van der Waals surface area contributed by atoms with Crippen molar-refractivity contribution in [2.45, 2.75) is 20.8 Å². The second-order valence-electron chi connectivity index (χ2n) is 8.29. The van der Waals surface area contributed by atoms with Gasteiger partial charge >= 0.3 is 0 Å². The van der Waals surface area contributed by atoms with Gasteiger partial charge in [-0.15, -0.1) is 0 Å². The van der Waals surface area contributed by atoms with E-state index >= 15 is 0 Å². The van der Waals surface area contributed by atoms with Gasteiger partial charge in [0.1, 0.15) is 5.75 Å². The number of aryl methyl sites for hydroxylation is 1. The zero-order chi connectivity index (χ0) is 24.5. The van der Waals surface area contributed by atoms with Crippen LogP contribution < -0.4 is 4.74 Å². The molecule has 0 spiro atoms. The number of aromatic nitrogens is 2. The van der Waals surface area contributed by atoms with Gasteiger partial charge < -0.3 is 9.30 Å². The third-order valence-electron chi connectivity index (χ3n) is 6.10. The average molecular weight is 483 g/mol. The molecule has 0 aliphatic carbocycles. The molecule has 3 heterocycles. The molecule has 0 bridgehead atoms. The number of methoxy groups -OCH3 is 1. The summed E-state index contributed by atoms with van der Waals surface area (Å²) in [5.74, 6) is 0.751. The molecular formula is C28H26N4O2S. The third-order valence-corrected chi connectivity index (χ3v) is 7.11. The van der Waals surface area contributed by atoms with Crippen molar-refractivity contribution in [1.82, 2.24) is 14.5 Å². The summed E-state index contributed by atoms with van der Waals surface area (Å²) in [5.41, 5.74) is 6.03. The van der Waals surface area contributed by atoms with Crippen LogP contribution >= 0.6 is 11.8 Å². The van der Waals surface area contributed by atoms with E-state index in [0.717, 1.165) is 45.0 Å². The molecule has 2 aromatic carbocycles. The summed E-state index contributed by atoms with van der Waals surface area (Å²) >= 11 is 1.41. The summed E-state index contributed by atoms with van der Waals surface area (Å²) in [6.07, 6.45) is 3.79. The maximum atomic E-state index is 13.2. The molecule has 6 nitrogen and oxygen atoms in total. The topological polar surface area (TPSA) is 59.7 Å². The number of carbonyl (C=O) groups is 1. The van der Waals surface area contributed by atoms with Crippen LogP contribution in [0.4, 0.5) is 5.69 Å². The number of thioether (sulfide) groups is 1. The molecule has 4 aromatic rings. The van der Waals surface area contributed by atoms with Crippen molar-refractivity contribution in [3.05, 3.63) is 88.7 Å². The number of nitrogens with zero attached hydrogens (tertiary/aromatic N) is 4. The number of benzene rings is 2. The highest BCUT2D eigenvalue weighted by Crippen LogP contribution is 2.35. The van der Waals surface area contributed by atoms with E-state index in [0.29, 0.717) is 16.6 Å². The lowest BCUT2D eigenvalue weighted by Gasteiger charge is -2.12. The van der Waals surface area contributed by atoms with Crippen LogP contribution in [0.25, 0.3) is 22.7 Å². The minimum Gasteiger partial charge on any atom is -0.497 e. The largest absolute Gasteiger partial charge is 0.497 e. The number of fused-ring (bicyclic) bond motifs is 1. The Labute approximate surface area is 209 Å². The van der Waals surface area contributed by atoms with Gasteiger partial charge in [-0.05, 0) is 98.8 Å². The smallest absolute Gasteiger partial charge is 0.266 e. The van der Waals surface area contributed by atoms with Crippen LogP contribution in [0, 0.1) is 13.8 Å². The van der Waals surface area contributed by atoms with Crippen molar-refractivity contribution in [2.24, 2.45) is 4.99 Å². The van der Waals surface area contributed by atoms with Crippen molar-refractivity contribution in [3.8, 4) is 11.4 Å². The Kier molecular flexibility index (Phi) is 6.17. The predicted octanol–water partition coefficient (Wildman–Crippen LogP) is 6.27. The molecule has 5 rings (SSSR count). The lowest BCUT2D eigenvalue weighted by molar-refractivity contribution is -0.122. The molecule has 1 aliphatic heterocycles. The molecule has 35 heavy (non-hydrogen) atoms. The SMILES string of the molecule is CCN1C(=O)/C(=C\c2cc(C)n(-c3ccc4ncccc4c3)c2C)SC1=Nc1ccc(OC)cc1. The minimum absolute atomic E-state index is 0.0219. The molecule has 0 radical (unpaired) electrons. The number of amides is 1. The number of rotatable bonds is 5. The van der Waals surface area contributed by atoms with Crippen LogP contribution in [-0.4, -0.2) is 39.2 Å². The van der Waals surface area contributed by atoms with Crippen LogP contribution in [0.2, 0.25) is 0 Å². The number of aliphatic imine (C=N–C) groups is 1. The number of carbonyl (C=O) groups excluding carboxylic acids is 1. The molecule has 0 N–H and O–H groups in total. The van der Waals surface area contributed by atoms with Crippen LogP contribution in [-0.2, 0) is 4.79 Å². The lowest BCUT2D eigenvalue weighted by atomic mass is 10.2. The van der Waals surface area contributed by atoms with E-state index in [1.165, 1.54) is 11.8 Å². The van der Waals surface area contributed by atoms with Crippen LogP contribution in [0.15, 0.2) is 76.8 Å². The molecule has 2 aromatic heterocycles. The second-order valence-corrected chi connectivity index (χ2v) is 9.30. The molecule has 1 saturated heterocycles. The van der Waals surface area contributed by atoms with E-state index in [1.807, 2.05) is 49.4 Å². The van der Waals surface area contributed by atoms with E-state index in [1.54, 1.807) is 18.2 Å². The highest BCUT2D eigenvalue weighted by Gasteiger charge is 2.32. The van der Waals surface area contributed by atoms with Crippen LogP contribution in [0.3, 0.4) is 0 Å². The molecule has 0 unspecified atom stereocenters. The Morgan fingerprint density at radius 1 is 1.09 bits per heavy atom. The summed E-state index contributed by atoms with van der Waals surface area (Å²) in [6, 6.07) is 19.9. The van der Waals surface area contributed by atoms with E-state index in [4.69, 9.17) is 9.73 Å². The first-order valence-corrected chi connectivity index (χ1v) is 12.3. The zero-order valence-corrected chi connectivity index (χ0v) is 21.0. The quantitative estimate of drug-likeness (QED) is 0.314. The van der Waals surface area contributed by atoms with Gasteiger partial charge in [0.2, 0.25) is 0 Å². The summed E-state index contributed by atoms with van der Waals surface area (Å²) in [5, 5.41) is 1.78. The summed E-state index contributed by atoms with van der Waals surface area (Å²) in [4.78, 5) is 24.7. The number of hydrogen-bond acceptors (Lipinski definition) is 5. The van der Waals surface area contributed by atoms with Gasteiger partial charge in [0.25, 0.3) is 5.91 Å². The highest BCUT2D eigenvalue weighted by molar-refractivity contribution is 8.18. The Morgan fingerprint density at radius 3 is 2.63 bits per heavy atom. The van der Waals surface area contributed by atoms with E-state index in [9.17, 15) is 4.79 Å². The van der Waals surface area contributed by atoms with Gasteiger partial charge in [0.05, 0.1) is 23.2 Å². The molecule has 1 fully saturated rings. The predicted molar refractivity (Wildman–Crippen MR) is 144 cm³/mol. The van der Waals surface area contributed by atoms with Crippen molar-refractivity contribution >= 4 is 45.5 Å². The first-order chi connectivity index (χ1) is 17.0. The van der Waals surface area contributed by atoms with E-state index in [-0.39, 0.29) is 5.91 Å². The van der Waals surface area contributed by atoms with Gasteiger partial charge in [-0.2, -0.15) is 0 Å². The summed E-state index contributed by atoms with van der Waals surface area (Å²) in [6.45, 7) is 6.69. The molecule has 1 amide bonds. The number of amidine groups is 1. The number of pyridine rings is 1. The molecular weight excluding hydrogens is 456 g/mol. The maximum absolute atomic E-state index is 13.2. The maximum Gasteiger partial charge on any atom is 0.266 e. The van der Waals surface area contributed by atoms with E-state index in [2.05, 4.69) is 47.7 Å². The molecule has 0 atom stereocenters. The highest BCUT2D eigenvalue weighted by atomic mass is 32.2. The third kappa shape index (κ3) is 4.35. The molecule has 7 heteroatoms. The second kappa shape index (κ2) is 9.43. The zero-order valence-electron chi connectivity index (χ0n) is 20.1. The molecule has 1 aliphatic rings. The van der Waals surface area contributed by atoms with Gasteiger partial charge in [0.15, 0.2) is 5.17 Å². The van der Waals surface area contributed by atoms with Crippen LogP contribution in [0.5, 0.6) is 5.75 Å². The van der Waals surface area contributed by atoms with E-state index < -0.39 is 0 Å². The Balaban J connectivity index is 1.49. The Bertz CT molecular complexity index is 1480. The lowest BCUT2D eigenvalue weighted by Crippen LogP contribution is -2.28. The number of ether oxygens (including phenoxy) is 1. The standard InChI is InChI=1S/C28H26N4O2S/c1-5-31-27(33)26(35-28(31)30-22-8-11-24(34-4)12-9-22)17-21-15-18(2)32(19(21)3)23-10-13-25-20(16-23)7-6-14-29-25/h6-17H,5H2,1-4H3/b26-17+,30-28?. The van der Waals surface area contributed by atoms with Gasteiger partial charge in [0, 0.05) is 35.2 Å². The van der Waals surface area contributed by atoms with Crippen LogP contribution in [0.1, 0.15) is 23.9 Å². The van der Waals surface area contributed by atoms with Gasteiger partial charge in [-0.25, -0.2) is 4.99 Å².